The average molecular weight is 627 g/mol. The third-order valence-corrected chi connectivity index (χ3v) is 9.19. The monoisotopic (exact) mass is 627 g/mol. The quantitative estimate of drug-likeness (QED) is 0.0435. The van der Waals surface area contributed by atoms with Crippen molar-refractivity contribution in [2.75, 3.05) is 13.2 Å². The summed E-state index contributed by atoms with van der Waals surface area (Å²) in [5.74, 6) is 0. The van der Waals surface area contributed by atoms with Gasteiger partial charge in [-0.3, -0.25) is 9.05 Å². The minimum absolute atomic E-state index is 0.0705. The molecule has 0 spiro atoms. The summed E-state index contributed by atoms with van der Waals surface area (Å²) < 4.78 is 36.2. The van der Waals surface area contributed by atoms with Crippen LogP contribution in [0.1, 0.15) is 169 Å². The summed E-state index contributed by atoms with van der Waals surface area (Å²) in [5.41, 5.74) is 0. The van der Waals surface area contributed by atoms with Crippen LogP contribution in [-0.2, 0) is 23.1 Å². The molecular weight excluding hydrogens is 557 g/mol. The Hall–Kier alpha value is 0.160. The molecule has 0 aliphatic heterocycles. The van der Waals surface area contributed by atoms with Gasteiger partial charge in [0.15, 0.2) is 0 Å². The molecule has 0 bridgehead atoms. The van der Waals surface area contributed by atoms with Crippen LogP contribution in [0.4, 0.5) is 0 Å². The standard InChI is InChI=1S/C34H69B2O6P/c1-5-9-13-16-20-24-31(23-19-12-8-4)39-29-34(28-36)42-43(37,38)40-30-33(27-35)41-32(25-21-17-14-10-6-2)26-22-18-15-11-7-3/h31-34H,5-30H2,1-4H3,(H,37,38)/t31?,33-,34-/m1/s1. The van der Waals surface area contributed by atoms with Gasteiger partial charge in [-0.05, 0) is 25.7 Å². The molecular formula is C34H69B2O6P. The molecule has 0 fully saturated rings. The summed E-state index contributed by atoms with van der Waals surface area (Å²) in [4.78, 5) is 10.5. The lowest BCUT2D eigenvalue weighted by atomic mass is 9.98. The molecule has 0 saturated carbocycles. The molecule has 4 atom stereocenters. The fourth-order valence-electron chi connectivity index (χ4n) is 5.36. The molecule has 6 nitrogen and oxygen atoms in total. The SMILES string of the molecule is [B]C[C@H](COP(=O)(O)O[C@H](C[B])COC(CCCCC)CCCCCCC)OC(CCCCCCC)CCCCCCC. The molecule has 2 unspecified atom stereocenters. The summed E-state index contributed by atoms with van der Waals surface area (Å²) in [7, 11) is 7.56. The minimum Gasteiger partial charge on any atom is -0.376 e. The molecule has 0 rings (SSSR count). The maximum atomic E-state index is 12.9. The minimum atomic E-state index is -4.36. The lowest BCUT2D eigenvalue weighted by Gasteiger charge is -2.27. The van der Waals surface area contributed by atoms with E-state index < -0.39 is 20.0 Å². The second kappa shape index (κ2) is 30.8. The molecule has 1 N–H and O–H groups in total. The third-order valence-electron chi connectivity index (χ3n) is 8.15. The van der Waals surface area contributed by atoms with E-state index in [9.17, 15) is 9.46 Å². The number of hydrogen-bond donors (Lipinski definition) is 1. The first-order valence-corrected chi connectivity index (χ1v) is 19.7. The van der Waals surface area contributed by atoms with Crippen molar-refractivity contribution in [2.45, 2.75) is 206 Å². The first-order chi connectivity index (χ1) is 20.8. The Morgan fingerprint density at radius 3 is 1.37 bits per heavy atom. The van der Waals surface area contributed by atoms with Gasteiger partial charge in [-0.2, -0.15) is 0 Å². The van der Waals surface area contributed by atoms with Crippen molar-refractivity contribution in [3.63, 3.8) is 0 Å². The Labute approximate surface area is 270 Å². The lowest BCUT2D eigenvalue weighted by Crippen LogP contribution is -2.27. The molecule has 0 heterocycles. The number of rotatable bonds is 34. The van der Waals surface area contributed by atoms with Crippen molar-refractivity contribution in [3.05, 3.63) is 0 Å². The zero-order chi connectivity index (χ0) is 32.0. The Kier molecular flexibility index (Phi) is 30.9. The Bertz CT molecular complexity index is 616. The van der Waals surface area contributed by atoms with Crippen LogP contribution < -0.4 is 0 Å². The van der Waals surface area contributed by atoms with E-state index in [0.29, 0.717) is 0 Å². The molecule has 0 aromatic carbocycles. The maximum Gasteiger partial charge on any atom is 0.472 e. The van der Waals surface area contributed by atoms with Crippen LogP contribution in [0.25, 0.3) is 0 Å². The molecule has 0 amide bonds. The van der Waals surface area contributed by atoms with Gasteiger partial charge in [0, 0.05) is 0 Å². The molecule has 0 aromatic rings. The normalized spacial score (nSPS) is 15.5. The lowest BCUT2D eigenvalue weighted by molar-refractivity contribution is -0.0451. The van der Waals surface area contributed by atoms with Gasteiger partial charge in [0.05, 0.1) is 53.3 Å². The first kappa shape index (κ1) is 43.2. The van der Waals surface area contributed by atoms with E-state index in [1.165, 1.54) is 83.5 Å². The molecule has 9 heteroatoms. The van der Waals surface area contributed by atoms with Gasteiger partial charge in [-0.15, -0.1) is 0 Å². The van der Waals surface area contributed by atoms with Crippen molar-refractivity contribution < 1.29 is 28.0 Å². The second-order valence-electron chi connectivity index (χ2n) is 12.4. The molecule has 43 heavy (non-hydrogen) atoms. The first-order valence-electron chi connectivity index (χ1n) is 18.2. The van der Waals surface area contributed by atoms with Crippen LogP contribution in [0.3, 0.4) is 0 Å². The molecule has 0 aliphatic carbocycles. The van der Waals surface area contributed by atoms with Crippen LogP contribution in [0.2, 0.25) is 12.6 Å². The predicted molar refractivity (Wildman–Crippen MR) is 184 cm³/mol. The van der Waals surface area contributed by atoms with Gasteiger partial charge in [-0.25, -0.2) is 4.57 Å². The summed E-state index contributed by atoms with van der Waals surface area (Å²) in [6.07, 6.45) is 24.9. The van der Waals surface area contributed by atoms with Crippen LogP contribution in [-0.4, -0.2) is 58.2 Å². The second-order valence-corrected chi connectivity index (χ2v) is 13.8. The van der Waals surface area contributed by atoms with Gasteiger partial charge >= 0.3 is 7.82 Å². The summed E-state index contributed by atoms with van der Waals surface area (Å²) in [6, 6.07) is 0. The Balaban J connectivity index is 4.85. The van der Waals surface area contributed by atoms with E-state index in [0.717, 1.165) is 57.8 Å². The van der Waals surface area contributed by atoms with Crippen molar-refractivity contribution in [3.8, 4) is 0 Å². The molecule has 4 radical (unpaired) electrons. The molecule has 252 valence electrons. The Morgan fingerprint density at radius 2 is 0.930 bits per heavy atom. The summed E-state index contributed by atoms with van der Waals surface area (Å²) >= 11 is 0. The van der Waals surface area contributed by atoms with Gasteiger partial charge < -0.3 is 14.4 Å². The highest BCUT2D eigenvalue weighted by Crippen LogP contribution is 2.45. The van der Waals surface area contributed by atoms with E-state index in [2.05, 4.69) is 27.7 Å². The van der Waals surface area contributed by atoms with Gasteiger partial charge in [0.1, 0.15) is 0 Å². The van der Waals surface area contributed by atoms with Crippen LogP contribution in [0.5, 0.6) is 0 Å². The Morgan fingerprint density at radius 1 is 0.535 bits per heavy atom. The highest BCUT2D eigenvalue weighted by atomic mass is 31.2. The smallest absolute Gasteiger partial charge is 0.376 e. The number of unbranched alkanes of at least 4 members (excludes halogenated alkanes) is 14. The van der Waals surface area contributed by atoms with Crippen molar-refractivity contribution in [1.29, 1.82) is 0 Å². The molecule has 0 aromatic heterocycles. The van der Waals surface area contributed by atoms with Gasteiger partial charge in [0.25, 0.3) is 0 Å². The highest BCUT2D eigenvalue weighted by molar-refractivity contribution is 7.47. The van der Waals surface area contributed by atoms with Crippen molar-refractivity contribution in [1.82, 2.24) is 0 Å². The highest BCUT2D eigenvalue weighted by Gasteiger charge is 2.28. The summed E-state index contributed by atoms with van der Waals surface area (Å²) in [6.45, 7) is 8.94. The van der Waals surface area contributed by atoms with Crippen LogP contribution in [0.15, 0.2) is 0 Å². The van der Waals surface area contributed by atoms with Crippen LogP contribution in [0, 0.1) is 0 Å². The number of hydrogen-bond acceptors (Lipinski definition) is 5. The van der Waals surface area contributed by atoms with Crippen molar-refractivity contribution in [2.24, 2.45) is 0 Å². The van der Waals surface area contributed by atoms with E-state index in [4.69, 9.17) is 34.2 Å². The number of ether oxygens (including phenoxy) is 2. The van der Waals surface area contributed by atoms with Gasteiger partial charge in [-0.1, -0.05) is 156 Å². The maximum absolute atomic E-state index is 12.9. The zero-order valence-corrected chi connectivity index (χ0v) is 29.7. The average Bonchev–Trinajstić information content (AvgIpc) is 3.00. The van der Waals surface area contributed by atoms with Crippen molar-refractivity contribution >= 4 is 23.5 Å². The fraction of sp³-hybridized carbons (Fsp3) is 1.00. The summed E-state index contributed by atoms with van der Waals surface area (Å²) in [5, 5.41) is 0. The number of phosphoric ester groups is 1. The van der Waals surface area contributed by atoms with E-state index in [1.54, 1.807) is 0 Å². The van der Waals surface area contributed by atoms with E-state index in [-0.39, 0.29) is 38.1 Å². The fourth-order valence-corrected chi connectivity index (χ4v) is 6.30. The number of phosphoric acid groups is 1. The topological polar surface area (TPSA) is 74.2 Å². The predicted octanol–water partition coefficient (Wildman–Crippen LogP) is 10.5. The molecule has 0 aliphatic rings. The largest absolute Gasteiger partial charge is 0.472 e. The van der Waals surface area contributed by atoms with Crippen LogP contribution >= 0.6 is 7.82 Å². The van der Waals surface area contributed by atoms with Gasteiger partial charge in [0.2, 0.25) is 0 Å². The van der Waals surface area contributed by atoms with E-state index >= 15 is 0 Å². The molecule has 0 saturated heterocycles. The zero-order valence-electron chi connectivity index (χ0n) is 28.8. The van der Waals surface area contributed by atoms with E-state index in [1.807, 2.05) is 0 Å². The third kappa shape index (κ3) is 27.0.